The van der Waals surface area contributed by atoms with E-state index in [1.54, 1.807) is 0 Å². The smallest absolute Gasteiger partial charge is 0.278 e. The number of thiophene rings is 1. The molecule has 1 unspecified atom stereocenters. The normalized spacial score (nSPS) is 13.4. The van der Waals surface area contributed by atoms with Gasteiger partial charge in [0.2, 0.25) is 5.91 Å². The number of halogens is 3. The van der Waals surface area contributed by atoms with E-state index in [2.05, 4.69) is 4.99 Å². The first kappa shape index (κ1) is 17.1. The molecule has 22 heavy (non-hydrogen) atoms. The van der Waals surface area contributed by atoms with Gasteiger partial charge in [-0.3, -0.25) is 9.36 Å². The first-order valence-electron chi connectivity index (χ1n) is 5.63. The second-order valence-electron chi connectivity index (χ2n) is 4.04. The number of hydrogen-bond donors (Lipinski definition) is 0. The fraction of sp³-hybridized carbons (Fsp3) is 0.182. The highest BCUT2D eigenvalue weighted by atomic mass is 35.5. The van der Waals surface area contributed by atoms with Gasteiger partial charge in [-0.1, -0.05) is 23.2 Å². The molecule has 6 nitrogen and oxygen atoms in total. The molecule has 0 bridgehead atoms. The highest BCUT2D eigenvalue weighted by Gasteiger charge is 2.18. The summed E-state index contributed by atoms with van der Waals surface area (Å²) < 4.78 is 28.3. The van der Waals surface area contributed by atoms with Crippen molar-refractivity contribution in [2.75, 3.05) is 0 Å². The van der Waals surface area contributed by atoms with Crippen LogP contribution in [0.1, 0.15) is 6.92 Å². The minimum Gasteiger partial charge on any atom is -0.278 e. The number of carbonyl (C=O) groups is 1. The van der Waals surface area contributed by atoms with Gasteiger partial charge in [0.1, 0.15) is 4.34 Å². The molecule has 118 valence electrons. The van der Waals surface area contributed by atoms with E-state index in [9.17, 15) is 18.2 Å². The van der Waals surface area contributed by atoms with Crippen molar-refractivity contribution in [1.82, 2.24) is 8.54 Å². The van der Waals surface area contributed by atoms with Crippen LogP contribution in [0.5, 0.6) is 0 Å². The van der Waals surface area contributed by atoms with Crippen LogP contribution in [0.2, 0.25) is 8.67 Å². The number of amides is 1. The van der Waals surface area contributed by atoms with Crippen LogP contribution in [-0.4, -0.2) is 18.7 Å². The number of aromatic nitrogens is 2. The van der Waals surface area contributed by atoms with Crippen LogP contribution >= 0.6 is 34.5 Å². The summed E-state index contributed by atoms with van der Waals surface area (Å²) >= 11 is 12.6. The molecule has 2 rings (SSSR count). The minimum absolute atomic E-state index is 0.0921. The van der Waals surface area contributed by atoms with Gasteiger partial charge in [0.05, 0.1) is 15.4 Å². The van der Waals surface area contributed by atoms with E-state index in [-0.39, 0.29) is 13.6 Å². The van der Waals surface area contributed by atoms with E-state index in [0.717, 1.165) is 22.8 Å². The van der Waals surface area contributed by atoms with E-state index in [1.807, 2.05) is 0 Å². The molecule has 1 atom stereocenters. The monoisotopic (exact) mass is 383 g/mol. The van der Waals surface area contributed by atoms with E-state index >= 15 is 0 Å². The first-order chi connectivity index (χ1) is 10.2. The molecule has 0 saturated carbocycles. The van der Waals surface area contributed by atoms with Gasteiger partial charge in [0, 0.05) is 14.0 Å². The molecule has 1 amide bonds. The maximum Gasteiger partial charge on any atom is 0.341 e. The molecule has 0 aliphatic carbocycles. The van der Waals surface area contributed by atoms with Crippen molar-refractivity contribution in [2.45, 2.75) is 11.8 Å². The molecule has 0 fully saturated rings. The molecule has 0 saturated heterocycles. The van der Waals surface area contributed by atoms with Gasteiger partial charge in [0.25, 0.3) is 0 Å². The van der Waals surface area contributed by atoms with Gasteiger partial charge in [-0.15, -0.1) is 11.3 Å². The number of nitrogens with zero attached hydrogens (tertiary/aromatic N) is 3. The lowest BCUT2D eigenvalue weighted by molar-refractivity contribution is -0.116. The Morgan fingerprint density at radius 3 is 2.59 bits per heavy atom. The molecular formula is C11H8Cl2FN3O3S2. The number of carbonyl (C=O) groups excluding carboxylic acids is 1. The molecule has 2 heterocycles. The lowest BCUT2D eigenvalue weighted by atomic mass is 10.6. The van der Waals surface area contributed by atoms with Gasteiger partial charge in [-0.25, -0.2) is 17.4 Å². The number of rotatable bonds is 2. The summed E-state index contributed by atoms with van der Waals surface area (Å²) in [5, 5.41) is 0. The first-order valence-corrected chi connectivity index (χ1v) is 8.31. The Morgan fingerprint density at radius 1 is 1.45 bits per heavy atom. The third-order valence-electron chi connectivity index (χ3n) is 2.49. The third-order valence-corrected chi connectivity index (χ3v) is 5.54. The van der Waals surface area contributed by atoms with Crippen LogP contribution in [0.4, 0.5) is 4.39 Å². The lowest BCUT2D eigenvalue weighted by Gasteiger charge is -2.07. The van der Waals surface area contributed by atoms with Gasteiger partial charge in [0.15, 0.2) is 22.3 Å². The molecule has 0 aliphatic rings. The maximum absolute atomic E-state index is 14.0. The Bertz CT molecular complexity index is 916. The van der Waals surface area contributed by atoms with Gasteiger partial charge in [-0.2, -0.15) is 4.99 Å². The van der Waals surface area contributed by atoms with Crippen molar-refractivity contribution in [3.63, 3.8) is 0 Å². The fourth-order valence-corrected chi connectivity index (χ4v) is 4.53. The summed E-state index contributed by atoms with van der Waals surface area (Å²) in [5.41, 5.74) is -1.27. The van der Waals surface area contributed by atoms with Crippen molar-refractivity contribution in [3.05, 3.63) is 42.7 Å². The molecule has 0 radical (unpaired) electrons. The van der Waals surface area contributed by atoms with E-state index in [0.29, 0.717) is 10.2 Å². The van der Waals surface area contributed by atoms with E-state index in [4.69, 9.17) is 23.2 Å². The molecule has 2 aromatic rings. The zero-order valence-electron chi connectivity index (χ0n) is 11.2. The quantitative estimate of drug-likeness (QED) is 0.792. The van der Waals surface area contributed by atoms with Crippen LogP contribution in [0.15, 0.2) is 26.9 Å². The third kappa shape index (κ3) is 3.22. The summed E-state index contributed by atoms with van der Waals surface area (Å²) in [5.74, 6) is -1.64. The Balaban J connectivity index is 2.69. The summed E-state index contributed by atoms with van der Waals surface area (Å²) in [6, 6.07) is 1.34. The summed E-state index contributed by atoms with van der Waals surface area (Å²) in [7, 11) is -0.868. The van der Waals surface area contributed by atoms with Crippen molar-refractivity contribution in [2.24, 2.45) is 12.0 Å². The van der Waals surface area contributed by atoms with Gasteiger partial charge < -0.3 is 0 Å². The van der Waals surface area contributed by atoms with Crippen molar-refractivity contribution >= 4 is 51.4 Å². The van der Waals surface area contributed by atoms with Crippen LogP contribution in [0, 0.1) is 5.82 Å². The predicted molar refractivity (Wildman–Crippen MR) is 82.0 cm³/mol. The zero-order valence-corrected chi connectivity index (χ0v) is 14.3. The van der Waals surface area contributed by atoms with E-state index in [1.165, 1.54) is 13.1 Å². The highest BCUT2D eigenvalue weighted by Crippen LogP contribution is 2.33. The highest BCUT2D eigenvalue weighted by molar-refractivity contribution is 7.83. The fourth-order valence-electron chi connectivity index (χ4n) is 1.56. The van der Waals surface area contributed by atoms with Crippen LogP contribution in [-0.2, 0) is 22.8 Å². The second kappa shape index (κ2) is 6.45. The van der Waals surface area contributed by atoms with Gasteiger partial charge in [-0.05, 0) is 6.07 Å². The predicted octanol–water partition coefficient (Wildman–Crippen LogP) is 1.71. The molecule has 11 heteroatoms. The molecule has 0 aromatic carbocycles. The second-order valence-corrected chi connectivity index (χ2v) is 7.65. The van der Waals surface area contributed by atoms with Crippen LogP contribution < -0.4 is 11.2 Å². The molecule has 0 aliphatic heterocycles. The standard InChI is InChI=1S/C11H8Cl2FN3O3S2/c1-5(18)15-10-6(14)4-17(11(19)16(10)2)22(20)7-3-8(12)21-9(7)13/h3-4H,1-2H3. The Hall–Kier alpha value is -1.29. The molecule has 2 aromatic heterocycles. The topological polar surface area (TPSA) is 73.4 Å². The largest absolute Gasteiger partial charge is 0.341 e. The van der Waals surface area contributed by atoms with Crippen molar-refractivity contribution in [3.8, 4) is 0 Å². The van der Waals surface area contributed by atoms with Crippen molar-refractivity contribution < 1.29 is 13.4 Å². The molecular weight excluding hydrogens is 376 g/mol. The average molecular weight is 384 g/mol. The average Bonchev–Trinajstić information content (AvgIpc) is 2.77. The summed E-state index contributed by atoms with van der Waals surface area (Å²) in [4.78, 5) is 26.6. The van der Waals surface area contributed by atoms with Crippen molar-refractivity contribution in [1.29, 1.82) is 0 Å². The molecule has 0 N–H and O–H groups in total. The Morgan fingerprint density at radius 2 is 2.09 bits per heavy atom. The maximum atomic E-state index is 14.0. The Kier molecular flexibility index (Phi) is 5.00. The van der Waals surface area contributed by atoms with E-state index < -0.39 is 33.9 Å². The zero-order chi connectivity index (χ0) is 16.6. The van der Waals surface area contributed by atoms with Gasteiger partial charge >= 0.3 is 5.69 Å². The molecule has 0 spiro atoms. The minimum atomic E-state index is -2.08. The Labute approximate surface area is 140 Å². The number of hydrogen-bond acceptors (Lipinski definition) is 4. The summed E-state index contributed by atoms with van der Waals surface area (Å²) in [6.45, 7) is 1.12. The lowest BCUT2D eigenvalue weighted by Crippen LogP contribution is -2.41. The van der Waals surface area contributed by atoms with Crippen LogP contribution in [0.25, 0.3) is 0 Å². The SMILES string of the molecule is CC(=O)N=c1c(F)cn(S(=O)c2cc(Cl)sc2Cl)c(=O)n1C. The summed E-state index contributed by atoms with van der Waals surface area (Å²) in [6.07, 6.45) is 0.710. The van der Waals surface area contributed by atoms with Crippen LogP contribution in [0.3, 0.4) is 0 Å².